The third kappa shape index (κ3) is 4.69. The molecular weight excluding hydrogens is 418 g/mol. The number of sulfonamides is 1. The van der Waals surface area contributed by atoms with Gasteiger partial charge in [-0.3, -0.25) is 4.79 Å². The summed E-state index contributed by atoms with van der Waals surface area (Å²) in [5.41, 5.74) is 2.22. The van der Waals surface area contributed by atoms with Crippen LogP contribution in [0.2, 0.25) is 5.02 Å². The number of methoxy groups -OCH3 is 1. The largest absolute Gasteiger partial charge is 0.452 e. The van der Waals surface area contributed by atoms with E-state index in [1.54, 1.807) is 10.8 Å². The van der Waals surface area contributed by atoms with Crippen LogP contribution in [0.15, 0.2) is 53.4 Å². The van der Waals surface area contributed by atoms with Crippen LogP contribution in [-0.4, -0.2) is 32.1 Å². The molecule has 0 aliphatic heterocycles. The zero-order chi connectivity index (χ0) is 21.2. The van der Waals surface area contributed by atoms with E-state index in [0.717, 1.165) is 23.7 Å². The predicted molar refractivity (Wildman–Crippen MR) is 109 cm³/mol. The summed E-state index contributed by atoms with van der Waals surface area (Å²) in [4.78, 5) is 23.4. The molecular formula is C19H18ClN3O5S. The molecule has 0 saturated carbocycles. The number of nitrogens with one attached hydrogen (secondary N) is 2. The molecule has 0 radical (unpaired) electrons. The highest BCUT2D eigenvalue weighted by molar-refractivity contribution is 7.90. The van der Waals surface area contributed by atoms with E-state index in [4.69, 9.17) is 11.6 Å². The highest BCUT2D eigenvalue weighted by Gasteiger charge is 2.18. The molecule has 0 bridgehead atoms. The average Bonchev–Trinajstić information content (AvgIpc) is 2.96. The number of hydrogen-bond donors (Lipinski definition) is 2. The lowest BCUT2D eigenvalue weighted by atomic mass is 10.2. The van der Waals surface area contributed by atoms with E-state index in [0.29, 0.717) is 10.7 Å². The molecule has 10 heteroatoms. The first kappa shape index (κ1) is 20.7. The molecule has 0 atom stereocenters. The maximum Gasteiger partial charge on any atom is 0.420 e. The van der Waals surface area contributed by atoms with Crippen molar-refractivity contribution in [2.45, 2.75) is 18.4 Å². The lowest BCUT2D eigenvalue weighted by molar-refractivity contribution is -0.116. The topological polar surface area (TPSA) is 106 Å². The molecule has 0 aliphatic rings. The van der Waals surface area contributed by atoms with E-state index in [9.17, 15) is 18.0 Å². The number of rotatable bonds is 5. The maximum atomic E-state index is 12.5. The molecule has 0 unspecified atom stereocenters. The lowest BCUT2D eigenvalue weighted by Gasteiger charge is -2.10. The van der Waals surface area contributed by atoms with E-state index >= 15 is 0 Å². The Morgan fingerprint density at radius 3 is 2.45 bits per heavy atom. The van der Waals surface area contributed by atoms with Crippen LogP contribution in [0.1, 0.15) is 5.69 Å². The van der Waals surface area contributed by atoms with Crippen LogP contribution in [0.4, 0.5) is 10.5 Å². The van der Waals surface area contributed by atoms with Crippen LogP contribution < -0.4 is 10.0 Å². The minimum absolute atomic E-state index is 0.0842. The molecule has 8 nitrogen and oxygen atoms in total. The van der Waals surface area contributed by atoms with Crippen molar-refractivity contribution in [2.24, 2.45) is 0 Å². The third-order valence-electron chi connectivity index (χ3n) is 4.22. The van der Waals surface area contributed by atoms with Gasteiger partial charge in [-0.15, -0.1) is 0 Å². The van der Waals surface area contributed by atoms with Gasteiger partial charge in [0.05, 0.1) is 12.0 Å². The third-order valence-corrected chi connectivity index (χ3v) is 5.79. The molecule has 152 valence electrons. The van der Waals surface area contributed by atoms with Crippen molar-refractivity contribution < 1.29 is 22.7 Å². The fourth-order valence-corrected chi connectivity index (χ4v) is 3.96. The number of halogens is 1. The number of carbonyl (C=O) groups excluding carboxylic acids is 2. The summed E-state index contributed by atoms with van der Waals surface area (Å²) in [5, 5.41) is 4.28. The summed E-state index contributed by atoms with van der Waals surface area (Å²) >= 11 is 6.01. The van der Waals surface area contributed by atoms with Crippen LogP contribution in [0.5, 0.6) is 0 Å². The Morgan fingerprint density at radius 2 is 1.79 bits per heavy atom. The minimum atomic E-state index is -4.04. The number of amides is 2. The molecule has 1 aromatic heterocycles. The maximum absolute atomic E-state index is 12.5. The Labute approximate surface area is 172 Å². The molecule has 0 fully saturated rings. The standard InChI is InChI=1S/C19H18ClN3O5S/c1-12-9-13-10-14(20)3-8-17(13)23(12)11-18(24)21-15-4-6-16(7-5-15)29(26,27)22-19(25)28-2/h3-10H,11H2,1-2H3,(H,21,24)(H,22,25). The van der Waals surface area contributed by atoms with E-state index in [-0.39, 0.29) is 17.3 Å². The van der Waals surface area contributed by atoms with Crippen molar-refractivity contribution in [1.82, 2.24) is 9.29 Å². The second kappa shape index (κ2) is 8.14. The SMILES string of the molecule is COC(=O)NS(=O)(=O)c1ccc(NC(=O)Cn2c(C)cc3cc(Cl)ccc32)cc1. The molecule has 0 aliphatic carbocycles. The van der Waals surface area contributed by atoms with Gasteiger partial charge >= 0.3 is 6.09 Å². The first-order valence-corrected chi connectivity index (χ1v) is 10.3. The summed E-state index contributed by atoms with van der Waals surface area (Å²) < 4.78 is 31.9. The minimum Gasteiger partial charge on any atom is -0.452 e. The van der Waals surface area contributed by atoms with E-state index in [1.165, 1.54) is 24.3 Å². The van der Waals surface area contributed by atoms with Gasteiger partial charge in [-0.2, -0.15) is 0 Å². The number of ether oxygens (including phenoxy) is 1. The van der Waals surface area contributed by atoms with Gasteiger partial charge in [0, 0.05) is 27.3 Å². The second-order valence-corrected chi connectivity index (χ2v) is 8.36. The number of aromatic nitrogens is 1. The monoisotopic (exact) mass is 435 g/mol. The molecule has 3 rings (SSSR count). The Balaban J connectivity index is 1.72. The van der Waals surface area contributed by atoms with Crippen molar-refractivity contribution in [3.63, 3.8) is 0 Å². The van der Waals surface area contributed by atoms with E-state index in [2.05, 4.69) is 10.1 Å². The highest BCUT2D eigenvalue weighted by atomic mass is 35.5. The Hall–Kier alpha value is -3.04. The first-order chi connectivity index (χ1) is 13.7. The van der Waals surface area contributed by atoms with Gasteiger partial charge in [-0.05, 0) is 55.5 Å². The molecule has 0 spiro atoms. The van der Waals surface area contributed by atoms with Crippen LogP contribution in [0.3, 0.4) is 0 Å². The molecule has 3 aromatic rings. The number of nitrogens with zero attached hydrogens (tertiary/aromatic N) is 1. The van der Waals surface area contributed by atoms with Gasteiger partial charge in [0.15, 0.2) is 0 Å². The van der Waals surface area contributed by atoms with Crippen molar-refractivity contribution in [1.29, 1.82) is 0 Å². The number of benzene rings is 2. The second-order valence-electron chi connectivity index (χ2n) is 6.24. The van der Waals surface area contributed by atoms with Gasteiger partial charge in [0.25, 0.3) is 10.0 Å². The van der Waals surface area contributed by atoms with Crippen molar-refractivity contribution >= 4 is 50.2 Å². The van der Waals surface area contributed by atoms with Gasteiger partial charge in [-0.25, -0.2) is 17.9 Å². The molecule has 0 saturated heterocycles. The highest BCUT2D eigenvalue weighted by Crippen LogP contribution is 2.23. The van der Waals surface area contributed by atoms with Gasteiger partial charge in [0.1, 0.15) is 6.54 Å². The van der Waals surface area contributed by atoms with Gasteiger partial charge in [0.2, 0.25) is 5.91 Å². The van der Waals surface area contributed by atoms with Crippen molar-refractivity contribution in [3.05, 3.63) is 59.2 Å². The van der Waals surface area contributed by atoms with Crippen molar-refractivity contribution in [3.8, 4) is 0 Å². The molecule has 29 heavy (non-hydrogen) atoms. The number of aryl methyl sites for hydroxylation is 1. The summed E-state index contributed by atoms with van der Waals surface area (Å²) in [6.07, 6.45) is -1.09. The van der Waals surface area contributed by atoms with Crippen LogP contribution >= 0.6 is 11.6 Å². The predicted octanol–water partition coefficient (Wildman–Crippen LogP) is 3.29. The van der Waals surface area contributed by atoms with E-state index in [1.807, 2.05) is 29.7 Å². The lowest BCUT2D eigenvalue weighted by Crippen LogP contribution is -2.30. The number of hydrogen-bond acceptors (Lipinski definition) is 5. The normalized spacial score (nSPS) is 11.3. The summed E-state index contributed by atoms with van der Waals surface area (Å²) in [7, 11) is -2.98. The smallest absolute Gasteiger partial charge is 0.420 e. The zero-order valence-electron chi connectivity index (χ0n) is 15.6. The van der Waals surface area contributed by atoms with Gasteiger partial charge in [-0.1, -0.05) is 11.6 Å². The summed E-state index contributed by atoms with van der Waals surface area (Å²) in [6.45, 7) is 1.98. The number of carbonyl (C=O) groups is 2. The van der Waals surface area contributed by atoms with Crippen LogP contribution in [0.25, 0.3) is 10.9 Å². The Bertz CT molecular complexity index is 1190. The molecule has 2 N–H and O–H groups in total. The fourth-order valence-electron chi connectivity index (χ4n) is 2.86. The Kier molecular flexibility index (Phi) is 5.81. The molecule has 2 aromatic carbocycles. The van der Waals surface area contributed by atoms with Crippen molar-refractivity contribution in [2.75, 3.05) is 12.4 Å². The van der Waals surface area contributed by atoms with Gasteiger partial charge < -0.3 is 14.6 Å². The number of anilines is 1. The Morgan fingerprint density at radius 1 is 1.10 bits per heavy atom. The van der Waals surface area contributed by atoms with Crippen LogP contribution in [-0.2, 0) is 26.1 Å². The summed E-state index contributed by atoms with van der Waals surface area (Å²) in [5.74, 6) is -0.274. The average molecular weight is 436 g/mol. The summed E-state index contributed by atoms with van der Waals surface area (Å²) in [6, 6.07) is 12.8. The first-order valence-electron chi connectivity index (χ1n) is 8.45. The molecule has 1 heterocycles. The van der Waals surface area contributed by atoms with E-state index < -0.39 is 16.1 Å². The zero-order valence-corrected chi connectivity index (χ0v) is 17.2. The quantitative estimate of drug-likeness (QED) is 0.639. The molecule has 2 amide bonds. The number of fused-ring (bicyclic) bond motifs is 1. The fraction of sp³-hybridized carbons (Fsp3) is 0.158. The van der Waals surface area contributed by atoms with Crippen LogP contribution in [0, 0.1) is 6.92 Å².